The quantitative estimate of drug-likeness (QED) is 0.317. The molecule has 0 aromatic carbocycles. The van der Waals surface area contributed by atoms with Crippen LogP contribution in [0.25, 0.3) is 0 Å². The Labute approximate surface area is 140 Å². The molecular weight excluding hydrogens is 374 g/mol. The Balaban J connectivity index is -0.0000000201. The molecule has 12 N–H and O–H groups in total. The van der Waals surface area contributed by atoms with Gasteiger partial charge in [0.05, 0.1) is 11.9 Å². The molecule has 0 aliphatic carbocycles. The molecule has 0 amide bonds. The summed E-state index contributed by atoms with van der Waals surface area (Å²) in [6.45, 7) is 3.24. The molecule has 0 saturated carbocycles. The van der Waals surface area contributed by atoms with Gasteiger partial charge in [-0.2, -0.15) is 0 Å². The van der Waals surface area contributed by atoms with Crippen LogP contribution >= 0.6 is 0 Å². The van der Waals surface area contributed by atoms with E-state index in [0.29, 0.717) is 0 Å². The molecule has 0 radical (unpaired) electrons. The van der Waals surface area contributed by atoms with Crippen LogP contribution in [-0.2, 0) is 26.4 Å². The second-order valence-corrected chi connectivity index (χ2v) is 2.77. The number of halogens is 1. The second-order valence-electron chi connectivity index (χ2n) is 2.02. The molecule has 0 rings (SSSR count). The average molecular weight is 397 g/mol. The van der Waals surface area contributed by atoms with Gasteiger partial charge in [0.25, 0.3) is 0 Å². The van der Waals surface area contributed by atoms with E-state index in [1.54, 1.807) is 13.8 Å². The summed E-state index contributed by atoms with van der Waals surface area (Å²) in [4.78, 5) is 18.8. The van der Waals surface area contributed by atoms with Crippen molar-refractivity contribution in [3.05, 3.63) is 24.3 Å². The second kappa shape index (κ2) is 32.0. The molecule has 12 nitrogen and oxygen atoms in total. The summed E-state index contributed by atoms with van der Waals surface area (Å²) in [5.41, 5.74) is 0. The van der Waals surface area contributed by atoms with Gasteiger partial charge in [-0.15, -0.1) is 10.2 Å². The SMILES string of the molecule is C/C=C/C(=O)[O-].C/C=C/C(=O)[O-].N.N.N.N.[Co+3].[O-][Cl+3]([O-])([O-])[O-]. The van der Waals surface area contributed by atoms with Gasteiger partial charge in [0.1, 0.15) is 0 Å². The minimum atomic E-state index is -4.94. The minimum Gasteiger partial charge on any atom is -0.545 e. The zero-order chi connectivity index (χ0) is 14.5. The fourth-order valence-corrected chi connectivity index (χ4v) is 0.272. The van der Waals surface area contributed by atoms with Crippen LogP contribution < -0.4 is 53.5 Å². The molecule has 138 valence electrons. The molecule has 0 aromatic rings. The van der Waals surface area contributed by atoms with Crippen LogP contribution in [0.1, 0.15) is 13.8 Å². The van der Waals surface area contributed by atoms with Crippen LogP contribution in [0.2, 0.25) is 0 Å². The molecule has 0 saturated heterocycles. The molecule has 0 fully saturated rings. The average Bonchev–Trinajstić information content (AvgIpc) is 2.00. The van der Waals surface area contributed by atoms with Crippen molar-refractivity contribution in [3.63, 3.8) is 0 Å². The summed E-state index contributed by atoms with van der Waals surface area (Å²) in [5.74, 6) is -2.28. The number of carboxylic acids is 2. The zero-order valence-corrected chi connectivity index (χ0v) is 13.9. The number of hydrogen-bond acceptors (Lipinski definition) is 12. The maximum atomic E-state index is 9.40. The Kier molecular flexibility index (Phi) is 72.4. The van der Waals surface area contributed by atoms with Crippen LogP contribution in [0.3, 0.4) is 0 Å². The van der Waals surface area contributed by atoms with Crippen molar-refractivity contribution < 1.29 is 65.5 Å². The first kappa shape index (κ1) is 49.7. The molecule has 0 aliphatic rings. The minimum absolute atomic E-state index is 0. The van der Waals surface area contributed by atoms with Crippen molar-refractivity contribution in [1.82, 2.24) is 24.6 Å². The summed E-state index contributed by atoms with van der Waals surface area (Å²) in [5, 5.41) is 18.8. The molecular formula is C8H22ClCoN4O8. The molecule has 14 heteroatoms. The molecule has 0 unspecified atom stereocenters. The van der Waals surface area contributed by atoms with Gasteiger partial charge in [0.2, 0.25) is 0 Å². The van der Waals surface area contributed by atoms with Crippen molar-refractivity contribution in [2.75, 3.05) is 0 Å². The maximum Gasteiger partial charge on any atom is 3.00 e. The van der Waals surface area contributed by atoms with Crippen LogP contribution in [0, 0.1) is 10.2 Å². The summed E-state index contributed by atoms with van der Waals surface area (Å²) < 4.78 is 34.0. The standard InChI is InChI=1S/2C4H6O2.ClHO4.Co.4H3N/c2*1-2-3-4(5)6;2-1(3,4)5;;;;;/h2*2-3H,1H3,(H,5,6);(H,2,3,4,5);;4*1H3/q;;;+3;;;;/p-3/b2*3-2+;;;;;;. The summed E-state index contributed by atoms with van der Waals surface area (Å²) >= 11 is 0. The topological polar surface area (TPSA) is 312 Å². The third-order valence-corrected chi connectivity index (χ3v) is 0.605. The molecule has 0 atom stereocenters. The Bertz CT molecular complexity index is 258. The molecule has 0 heterocycles. The van der Waals surface area contributed by atoms with Crippen LogP contribution in [0.5, 0.6) is 0 Å². The first-order valence-electron chi connectivity index (χ1n) is 3.83. The van der Waals surface area contributed by atoms with Gasteiger partial charge >= 0.3 is 16.8 Å². The number of rotatable bonds is 2. The van der Waals surface area contributed by atoms with Gasteiger partial charge in [0, 0.05) is 0 Å². The fourth-order valence-electron chi connectivity index (χ4n) is 0.272. The third kappa shape index (κ3) is 252. The number of carboxylic acid groups (broad SMARTS) is 2. The zero-order valence-electron chi connectivity index (χ0n) is 12.1. The summed E-state index contributed by atoms with van der Waals surface area (Å²) in [6, 6.07) is 0. The van der Waals surface area contributed by atoms with E-state index < -0.39 is 22.2 Å². The van der Waals surface area contributed by atoms with E-state index >= 15 is 0 Å². The predicted octanol–water partition coefficient (Wildman–Crippen LogP) is -5.49. The Morgan fingerprint density at radius 3 is 0.864 bits per heavy atom. The van der Waals surface area contributed by atoms with E-state index in [-0.39, 0.29) is 41.4 Å². The molecule has 0 aliphatic heterocycles. The van der Waals surface area contributed by atoms with Gasteiger partial charge in [-0.3, -0.25) is 0 Å². The summed E-state index contributed by atoms with van der Waals surface area (Å²) in [6.07, 6.45) is 4.77. The van der Waals surface area contributed by atoms with E-state index in [1.807, 2.05) is 0 Å². The Morgan fingerprint density at radius 2 is 0.864 bits per heavy atom. The maximum absolute atomic E-state index is 9.40. The van der Waals surface area contributed by atoms with Gasteiger partial charge in [0.15, 0.2) is 0 Å². The van der Waals surface area contributed by atoms with Gasteiger partial charge in [-0.25, -0.2) is 18.6 Å². The number of hydrogen-bond donors (Lipinski definition) is 4. The summed E-state index contributed by atoms with van der Waals surface area (Å²) in [7, 11) is -4.94. The van der Waals surface area contributed by atoms with Crippen LogP contribution in [-0.4, -0.2) is 11.9 Å². The van der Waals surface area contributed by atoms with Crippen LogP contribution in [0.15, 0.2) is 24.3 Å². The first-order chi connectivity index (χ1) is 7.54. The largest absolute Gasteiger partial charge is 3.00 e. The van der Waals surface area contributed by atoms with Gasteiger partial charge in [-0.05, 0) is 26.0 Å². The van der Waals surface area contributed by atoms with E-state index in [2.05, 4.69) is 0 Å². The smallest absolute Gasteiger partial charge is 0.545 e. The Hall–Kier alpha value is -1.10. The third-order valence-electron chi connectivity index (χ3n) is 0.605. The monoisotopic (exact) mass is 396 g/mol. The molecule has 0 aromatic heterocycles. The number of carbonyl (C=O) groups is 2. The molecule has 0 spiro atoms. The van der Waals surface area contributed by atoms with Crippen molar-refractivity contribution >= 4 is 11.9 Å². The van der Waals surface area contributed by atoms with E-state index in [4.69, 9.17) is 18.6 Å². The van der Waals surface area contributed by atoms with Crippen LogP contribution in [0.4, 0.5) is 0 Å². The predicted molar refractivity (Wildman–Crippen MR) is 59.7 cm³/mol. The normalized spacial score (nSPS) is 7.91. The van der Waals surface area contributed by atoms with Gasteiger partial charge in [-0.1, -0.05) is 12.2 Å². The molecule has 22 heavy (non-hydrogen) atoms. The first-order valence-corrected chi connectivity index (χ1v) is 5.07. The molecule has 0 bridgehead atoms. The van der Waals surface area contributed by atoms with Gasteiger partial charge < -0.3 is 44.4 Å². The number of carbonyl (C=O) groups excluding carboxylic acids is 2. The fraction of sp³-hybridized carbons (Fsp3) is 0.250. The van der Waals surface area contributed by atoms with Crippen molar-refractivity contribution in [2.24, 2.45) is 0 Å². The van der Waals surface area contributed by atoms with Crippen molar-refractivity contribution in [3.8, 4) is 0 Å². The number of allylic oxidation sites excluding steroid dienone is 2. The van der Waals surface area contributed by atoms with Crippen molar-refractivity contribution in [1.29, 1.82) is 0 Å². The van der Waals surface area contributed by atoms with E-state index in [1.165, 1.54) is 12.2 Å². The van der Waals surface area contributed by atoms with E-state index in [0.717, 1.165) is 12.2 Å². The Morgan fingerprint density at radius 1 is 0.727 bits per heavy atom. The van der Waals surface area contributed by atoms with Crippen molar-refractivity contribution in [2.45, 2.75) is 13.8 Å². The van der Waals surface area contributed by atoms with E-state index in [9.17, 15) is 19.8 Å². The number of aliphatic carboxylic acids is 2.